The van der Waals surface area contributed by atoms with Crippen LogP contribution in [0.2, 0.25) is 0 Å². The van der Waals surface area contributed by atoms with Crippen LogP contribution < -0.4 is 11.1 Å². The molecule has 8 nitrogen and oxygen atoms in total. The molecule has 2 aliphatic rings. The Bertz CT molecular complexity index is 373. The van der Waals surface area contributed by atoms with E-state index in [2.05, 4.69) is 5.32 Å². The van der Waals surface area contributed by atoms with E-state index in [1.54, 1.807) is 4.90 Å². The Morgan fingerprint density at radius 2 is 2.22 bits per heavy atom. The van der Waals surface area contributed by atoms with E-state index in [9.17, 15) is 14.4 Å². The maximum absolute atomic E-state index is 11.9. The first-order valence-corrected chi connectivity index (χ1v) is 5.81. The number of hydrogen-bond acceptors (Lipinski definition) is 6. The van der Waals surface area contributed by atoms with Gasteiger partial charge < -0.3 is 15.8 Å². The lowest BCUT2D eigenvalue weighted by atomic mass is 10.2. The molecule has 2 heterocycles. The lowest BCUT2D eigenvalue weighted by Gasteiger charge is -2.33. The molecule has 3 amide bonds. The fraction of sp³-hybridized carbons (Fsp3) is 0.700. The minimum Gasteiger partial charge on any atom is -0.447 e. The number of primary amides is 1. The summed E-state index contributed by atoms with van der Waals surface area (Å²) >= 11 is 0. The summed E-state index contributed by atoms with van der Waals surface area (Å²) in [7, 11) is 0. The normalized spacial score (nSPS) is 25.0. The summed E-state index contributed by atoms with van der Waals surface area (Å²) in [5.41, 5.74) is 5.28. The average molecular weight is 256 g/mol. The van der Waals surface area contributed by atoms with E-state index in [1.807, 2.05) is 0 Å². The van der Waals surface area contributed by atoms with Crippen molar-refractivity contribution in [3.8, 4) is 0 Å². The number of carbonyl (C=O) groups is 3. The molecule has 0 radical (unpaired) electrons. The molecule has 18 heavy (non-hydrogen) atoms. The van der Waals surface area contributed by atoms with Crippen molar-refractivity contribution in [3.05, 3.63) is 0 Å². The first kappa shape index (κ1) is 12.8. The second-order valence-corrected chi connectivity index (χ2v) is 4.25. The van der Waals surface area contributed by atoms with Gasteiger partial charge in [-0.05, 0) is 0 Å². The third-order valence-corrected chi connectivity index (χ3v) is 3.08. The number of amides is 3. The van der Waals surface area contributed by atoms with Crippen LogP contribution in [-0.4, -0.2) is 73.1 Å². The number of hydrogen-bond donors (Lipinski definition) is 2. The topological polar surface area (TPSA) is 105 Å². The number of carbonyl (C=O) groups excluding carboxylic acids is 3. The number of nitrogens with zero attached hydrogens (tertiary/aromatic N) is 2. The number of rotatable bonds is 3. The Morgan fingerprint density at radius 3 is 2.83 bits per heavy atom. The highest BCUT2D eigenvalue weighted by molar-refractivity contribution is 5.94. The van der Waals surface area contributed by atoms with Gasteiger partial charge in [-0.3, -0.25) is 14.5 Å². The quantitative estimate of drug-likeness (QED) is 0.589. The summed E-state index contributed by atoms with van der Waals surface area (Å²) < 4.78 is 4.69. The monoisotopic (exact) mass is 256 g/mol. The number of cyclic esters (lactones) is 1. The number of piperazine rings is 1. The van der Waals surface area contributed by atoms with Gasteiger partial charge in [0.15, 0.2) is 0 Å². The van der Waals surface area contributed by atoms with E-state index in [4.69, 9.17) is 10.5 Å². The molecule has 2 aliphatic heterocycles. The predicted octanol–water partition coefficient (Wildman–Crippen LogP) is -2.28. The van der Waals surface area contributed by atoms with E-state index in [1.165, 1.54) is 0 Å². The van der Waals surface area contributed by atoms with Crippen molar-refractivity contribution >= 4 is 17.9 Å². The maximum atomic E-state index is 11.9. The summed E-state index contributed by atoms with van der Waals surface area (Å²) in [6, 6.07) is -0.513. The Balaban J connectivity index is 1.96. The van der Waals surface area contributed by atoms with Gasteiger partial charge in [0, 0.05) is 19.6 Å². The van der Waals surface area contributed by atoms with Crippen molar-refractivity contribution < 1.29 is 19.1 Å². The van der Waals surface area contributed by atoms with Crippen LogP contribution in [0.1, 0.15) is 0 Å². The van der Waals surface area contributed by atoms with E-state index >= 15 is 0 Å². The van der Waals surface area contributed by atoms with E-state index in [0.717, 1.165) is 4.90 Å². The molecule has 0 aromatic heterocycles. The number of ether oxygens (including phenoxy) is 1. The molecule has 2 fully saturated rings. The smallest absolute Gasteiger partial charge is 0.416 e. The zero-order valence-corrected chi connectivity index (χ0v) is 9.92. The second-order valence-electron chi connectivity index (χ2n) is 4.25. The average Bonchev–Trinajstić information content (AvgIpc) is 2.76. The molecule has 2 rings (SSSR count). The van der Waals surface area contributed by atoms with Crippen LogP contribution in [0, 0.1) is 0 Å². The highest BCUT2D eigenvalue weighted by Gasteiger charge is 2.33. The summed E-state index contributed by atoms with van der Waals surface area (Å²) in [6.07, 6.45) is -0.620. The molecule has 0 aliphatic carbocycles. The standard InChI is InChI=1S/C10H16N4O4/c11-9(16)7-5-12-1-2-13(7)6-8(15)14-3-4-18-10(14)17/h7,12H,1-6H2,(H2,11,16). The molecule has 2 saturated heterocycles. The van der Waals surface area contributed by atoms with E-state index in [-0.39, 0.29) is 25.6 Å². The third kappa shape index (κ3) is 2.59. The van der Waals surface area contributed by atoms with Crippen LogP contribution in [0.15, 0.2) is 0 Å². The van der Waals surface area contributed by atoms with Crippen molar-refractivity contribution in [1.82, 2.24) is 15.1 Å². The first-order chi connectivity index (χ1) is 8.59. The van der Waals surface area contributed by atoms with Gasteiger partial charge in [0.2, 0.25) is 11.8 Å². The number of nitrogens with one attached hydrogen (secondary N) is 1. The third-order valence-electron chi connectivity index (χ3n) is 3.08. The molecule has 0 aromatic rings. The van der Waals surface area contributed by atoms with Gasteiger partial charge in [0.25, 0.3) is 0 Å². The van der Waals surface area contributed by atoms with Crippen molar-refractivity contribution in [3.63, 3.8) is 0 Å². The molecule has 1 atom stereocenters. The summed E-state index contributed by atoms with van der Waals surface area (Å²) in [5.74, 6) is -0.829. The molecule has 0 spiro atoms. The van der Waals surface area contributed by atoms with Crippen LogP contribution in [0.4, 0.5) is 4.79 Å². The summed E-state index contributed by atoms with van der Waals surface area (Å²) in [4.78, 5) is 37.1. The Hall–Kier alpha value is -1.67. The van der Waals surface area contributed by atoms with E-state index in [0.29, 0.717) is 19.6 Å². The highest BCUT2D eigenvalue weighted by Crippen LogP contribution is 2.08. The van der Waals surface area contributed by atoms with Crippen LogP contribution in [-0.2, 0) is 14.3 Å². The SMILES string of the molecule is NC(=O)C1CNCCN1CC(=O)N1CCOC1=O. The molecule has 3 N–H and O–H groups in total. The Labute approximate surface area is 104 Å². The van der Waals surface area contributed by atoms with Crippen LogP contribution in [0.3, 0.4) is 0 Å². The zero-order valence-electron chi connectivity index (χ0n) is 9.92. The number of imide groups is 1. The van der Waals surface area contributed by atoms with Crippen LogP contribution >= 0.6 is 0 Å². The molecular weight excluding hydrogens is 240 g/mol. The highest BCUT2D eigenvalue weighted by atomic mass is 16.6. The largest absolute Gasteiger partial charge is 0.447 e. The minimum atomic E-state index is -0.620. The molecule has 0 bridgehead atoms. The van der Waals surface area contributed by atoms with Gasteiger partial charge in [-0.2, -0.15) is 0 Å². The molecule has 1 unspecified atom stereocenters. The van der Waals surface area contributed by atoms with Gasteiger partial charge in [-0.15, -0.1) is 0 Å². The van der Waals surface area contributed by atoms with Crippen molar-refractivity contribution in [2.24, 2.45) is 5.73 Å². The fourth-order valence-corrected chi connectivity index (χ4v) is 2.10. The van der Waals surface area contributed by atoms with E-state index < -0.39 is 18.0 Å². The molecule has 0 saturated carbocycles. The van der Waals surface area contributed by atoms with Gasteiger partial charge in [-0.1, -0.05) is 0 Å². The van der Waals surface area contributed by atoms with Crippen molar-refractivity contribution in [2.45, 2.75) is 6.04 Å². The van der Waals surface area contributed by atoms with Crippen molar-refractivity contribution in [1.29, 1.82) is 0 Å². The summed E-state index contributed by atoms with van der Waals surface area (Å²) in [5, 5.41) is 3.04. The molecule has 100 valence electrons. The lowest BCUT2D eigenvalue weighted by Crippen LogP contribution is -2.59. The Morgan fingerprint density at radius 1 is 1.44 bits per heavy atom. The zero-order chi connectivity index (χ0) is 13.1. The predicted molar refractivity (Wildman–Crippen MR) is 60.5 cm³/mol. The molecular formula is C10H16N4O4. The fourth-order valence-electron chi connectivity index (χ4n) is 2.10. The summed E-state index contributed by atoms with van der Waals surface area (Å²) in [6.45, 7) is 2.15. The van der Waals surface area contributed by atoms with Gasteiger partial charge >= 0.3 is 6.09 Å². The van der Waals surface area contributed by atoms with Gasteiger partial charge in [0.05, 0.1) is 13.1 Å². The minimum absolute atomic E-state index is 0.00435. The van der Waals surface area contributed by atoms with Crippen LogP contribution in [0.5, 0.6) is 0 Å². The van der Waals surface area contributed by atoms with Crippen molar-refractivity contribution in [2.75, 3.05) is 39.3 Å². The second kappa shape index (κ2) is 5.32. The molecule has 0 aromatic carbocycles. The first-order valence-electron chi connectivity index (χ1n) is 5.81. The van der Waals surface area contributed by atoms with Gasteiger partial charge in [0.1, 0.15) is 12.6 Å². The van der Waals surface area contributed by atoms with Gasteiger partial charge in [-0.25, -0.2) is 9.69 Å². The van der Waals surface area contributed by atoms with Crippen LogP contribution in [0.25, 0.3) is 0 Å². The molecule has 8 heteroatoms. The maximum Gasteiger partial charge on any atom is 0.416 e. The lowest BCUT2D eigenvalue weighted by molar-refractivity contribution is -0.131. The number of nitrogens with two attached hydrogens (primary N) is 1. The Kier molecular flexibility index (Phi) is 3.78.